The highest BCUT2D eigenvalue weighted by Crippen LogP contribution is 2.27. The van der Waals surface area contributed by atoms with E-state index < -0.39 is 5.82 Å². The van der Waals surface area contributed by atoms with Crippen LogP contribution < -0.4 is 0 Å². The van der Waals surface area contributed by atoms with Crippen molar-refractivity contribution in [3.8, 4) is 5.75 Å². The van der Waals surface area contributed by atoms with Crippen LogP contribution in [0.3, 0.4) is 0 Å². The van der Waals surface area contributed by atoms with E-state index in [2.05, 4.69) is 0 Å². The van der Waals surface area contributed by atoms with Gasteiger partial charge >= 0.3 is 0 Å². The molecule has 0 bridgehead atoms. The van der Waals surface area contributed by atoms with E-state index >= 15 is 0 Å². The lowest BCUT2D eigenvalue weighted by atomic mass is 10.2. The Labute approximate surface area is 63.1 Å². The molecule has 0 unspecified atom stereocenters. The van der Waals surface area contributed by atoms with Crippen molar-refractivity contribution in [2.75, 3.05) is 0 Å². The average Bonchev–Trinajstić information content (AvgIpc) is 1.82. The predicted octanol–water partition coefficient (Wildman–Crippen LogP) is 2.49. The molecular weight excluding hydrogens is 155 g/mol. The van der Waals surface area contributed by atoms with Gasteiger partial charge in [-0.25, -0.2) is 4.39 Å². The summed E-state index contributed by atoms with van der Waals surface area (Å²) in [5.41, 5.74) is 0.449. The molecule has 0 radical (unpaired) electrons. The van der Waals surface area contributed by atoms with Crippen LogP contribution in [0.15, 0.2) is 12.1 Å². The van der Waals surface area contributed by atoms with Gasteiger partial charge in [0, 0.05) is 0 Å². The molecule has 0 aliphatic carbocycles. The summed E-state index contributed by atoms with van der Waals surface area (Å²) < 4.78 is 12.4. The van der Waals surface area contributed by atoms with Crippen molar-refractivity contribution in [3.63, 3.8) is 0 Å². The Morgan fingerprint density at radius 2 is 2.10 bits per heavy atom. The quantitative estimate of drug-likeness (QED) is 0.618. The van der Waals surface area contributed by atoms with Crippen molar-refractivity contribution in [2.24, 2.45) is 0 Å². The highest BCUT2D eigenvalue weighted by molar-refractivity contribution is 6.32. The van der Waals surface area contributed by atoms with Crippen molar-refractivity contribution in [3.05, 3.63) is 28.5 Å². The van der Waals surface area contributed by atoms with Crippen molar-refractivity contribution < 1.29 is 9.50 Å². The first-order valence-corrected chi connectivity index (χ1v) is 3.13. The first-order valence-electron chi connectivity index (χ1n) is 2.76. The number of aryl methyl sites for hydroxylation is 1. The van der Waals surface area contributed by atoms with Crippen molar-refractivity contribution in [2.45, 2.75) is 6.92 Å². The number of aromatic hydroxyl groups is 1. The molecule has 0 aliphatic heterocycles. The first kappa shape index (κ1) is 7.35. The second-order valence-corrected chi connectivity index (χ2v) is 2.46. The first-order chi connectivity index (χ1) is 4.61. The minimum atomic E-state index is -0.430. The number of phenols is 1. The number of rotatable bonds is 0. The fourth-order valence-corrected chi connectivity index (χ4v) is 0.948. The maximum Gasteiger partial charge on any atom is 0.137 e. The SMILES string of the molecule is Cc1cc(F)cc(Cl)c1O. The number of benzene rings is 1. The molecule has 0 aromatic heterocycles. The van der Waals surface area contributed by atoms with E-state index in [0.29, 0.717) is 5.56 Å². The summed E-state index contributed by atoms with van der Waals surface area (Å²) >= 11 is 5.43. The van der Waals surface area contributed by atoms with Crippen LogP contribution in [0.2, 0.25) is 5.02 Å². The monoisotopic (exact) mass is 160 g/mol. The summed E-state index contributed by atoms with van der Waals surface area (Å²) in [6.07, 6.45) is 0. The van der Waals surface area contributed by atoms with Gasteiger partial charge in [0.25, 0.3) is 0 Å². The third-order valence-corrected chi connectivity index (χ3v) is 1.51. The third kappa shape index (κ3) is 1.21. The molecule has 0 fully saturated rings. The van der Waals surface area contributed by atoms with E-state index in [4.69, 9.17) is 16.7 Å². The summed E-state index contributed by atoms with van der Waals surface area (Å²) in [5, 5.41) is 9.09. The highest BCUT2D eigenvalue weighted by Gasteiger charge is 2.03. The Morgan fingerprint density at radius 3 is 2.60 bits per heavy atom. The molecule has 1 rings (SSSR count). The lowest BCUT2D eigenvalue weighted by molar-refractivity contribution is 0.469. The van der Waals surface area contributed by atoms with Gasteiger partial charge in [-0.05, 0) is 24.6 Å². The molecule has 0 saturated heterocycles. The largest absolute Gasteiger partial charge is 0.506 e. The number of phenolic OH excluding ortho intramolecular Hbond substituents is 1. The number of halogens is 2. The minimum Gasteiger partial charge on any atom is -0.506 e. The molecular formula is C7H6ClFO. The highest BCUT2D eigenvalue weighted by atomic mass is 35.5. The van der Waals surface area contributed by atoms with Gasteiger partial charge in [-0.3, -0.25) is 0 Å². The van der Waals surface area contributed by atoms with E-state index in [0.717, 1.165) is 6.07 Å². The zero-order chi connectivity index (χ0) is 7.72. The molecule has 1 nitrogen and oxygen atoms in total. The van der Waals surface area contributed by atoms with Gasteiger partial charge in [-0.15, -0.1) is 0 Å². The molecule has 54 valence electrons. The number of hydrogen-bond acceptors (Lipinski definition) is 1. The molecule has 0 aliphatic rings. The normalized spacial score (nSPS) is 9.90. The average molecular weight is 161 g/mol. The maximum atomic E-state index is 12.4. The zero-order valence-corrected chi connectivity index (χ0v) is 6.11. The van der Waals surface area contributed by atoms with Crippen LogP contribution in [0.5, 0.6) is 5.75 Å². The summed E-state index contributed by atoms with van der Waals surface area (Å²) in [6.45, 7) is 1.59. The van der Waals surface area contributed by atoms with E-state index in [1.54, 1.807) is 6.92 Å². The van der Waals surface area contributed by atoms with Crippen molar-refractivity contribution in [1.29, 1.82) is 0 Å². The van der Waals surface area contributed by atoms with Gasteiger partial charge in [0.05, 0.1) is 5.02 Å². The molecule has 1 aromatic carbocycles. The zero-order valence-electron chi connectivity index (χ0n) is 5.36. The summed E-state index contributed by atoms with van der Waals surface area (Å²) in [7, 11) is 0. The Bertz CT molecular complexity index is 237. The number of hydrogen-bond donors (Lipinski definition) is 1. The summed E-state index contributed by atoms with van der Waals surface area (Å²) in [6, 6.07) is 2.30. The van der Waals surface area contributed by atoms with Gasteiger partial charge in [0.2, 0.25) is 0 Å². The smallest absolute Gasteiger partial charge is 0.137 e. The Balaban J connectivity index is 3.31. The van der Waals surface area contributed by atoms with Crippen LogP contribution in [-0.4, -0.2) is 5.11 Å². The lowest BCUT2D eigenvalue weighted by Gasteiger charge is -1.99. The molecule has 1 aromatic rings. The molecule has 10 heavy (non-hydrogen) atoms. The van der Waals surface area contributed by atoms with Crippen LogP contribution in [0.25, 0.3) is 0 Å². The van der Waals surface area contributed by atoms with Gasteiger partial charge in [-0.2, -0.15) is 0 Å². The van der Waals surface area contributed by atoms with Crippen LogP contribution in [0.1, 0.15) is 5.56 Å². The fourth-order valence-electron chi connectivity index (χ4n) is 0.695. The molecule has 1 N–H and O–H groups in total. The molecule has 0 saturated carbocycles. The van der Waals surface area contributed by atoms with Gasteiger partial charge < -0.3 is 5.11 Å². The van der Waals surface area contributed by atoms with Crippen LogP contribution >= 0.6 is 11.6 Å². The van der Waals surface area contributed by atoms with Crippen LogP contribution in [0, 0.1) is 12.7 Å². The van der Waals surface area contributed by atoms with E-state index in [1.165, 1.54) is 6.07 Å². The van der Waals surface area contributed by atoms with E-state index in [-0.39, 0.29) is 10.8 Å². The molecule has 3 heteroatoms. The summed E-state index contributed by atoms with van der Waals surface area (Å²) in [4.78, 5) is 0. The molecule has 0 amide bonds. The topological polar surface area (TPSA) is 20.2 Å². The Kier molecular flexibility index (Phi) is 1.81. The van der Waals surface area contributed by atoms with Crippen molar-refractivity contribution >= 4 is 11.6 Å². The second kappa shape index (κ2) is 2.46. The van der Waals surface area contributed by atoms with Crippen LogP contribution in [0.4, 0.5) is 4.39 Å². The molecule has 0 atom stereocenters. The molecule has 0 spiro atoms. The van der Waals surface area contributed by atoms with Gasteiger partial charge in [0.1, 0.15) is 11.6 Å². The minimum absolute atomic E-state index is 0.0527. The standard InChI is InChI=1S/C7H6ClFO/c1-4-2-5(9)3-6(8)7(4)10/h2-3,10H,1H3. The second-order valence-electron chi connectivity index (χ2n) is 2.05. The third-order valence-electron chi connectivity index (χ3n) is 1.22. The van der Waals surface area contributed by atoms with Crippen LogP contribution in [-0.2, 0) is 0 Å². The van der Waals surface area contributed by atoms with Crippen molar-refractivity contribution in [1.82, 2.24) is 0 Å². The van der Waals surface area contributed by atoms with E-state index in [9.17, 15) is 4.39 Å². The van der Waals surface area contributed by atoms with Gasteiger partial charge in [0.15, 0.2) is 0 Å². The van der Waals surface area contributed by atoms with Gasteiger partial charge in [-0.1, -0.05) is 11.6 Å². The Morgan fingerprint density at radius 1 is 1.50 bits per heavy atom. The summed E-state index contributed by atoms with van der Waals surface area (Å²) in [5.74, 6) is -0.483. The predicted molar refractivity (Wildman–Crippen MR) is 37.8 cm³/mol. The maximum absolute atomic E-state index is 12.4. The Hall–Kier alpha value is -0.760. The molecule has 0 heterocycles. The lowest BCUT2D eigenvalue weighted by Crippen LogP contribution is -1.79. The fraction of sp³-hybridized carbons (Fsp3) is 0.143. The van der Waals surface area contributed by atoms with E-state index in [1.807, 2.05) is 0 Å².